The molecule has 5 nitrogen and oxygen atoms in total. The van der Waals surface area contributed by atoms with Gasteiger partial charge in [-0.1, -0.05) is 34.6 Å². The molecule has 0 heterocycles. The van der Waals surface area contributed by atoms with Crippen molar-refractivity contribution in [2.45, 2.75) is 67.2 Å². The van der Waals surface area contributed by atoms with Gasteiger partial charge in [-0.25, -0.2) is 0 Å². The van der Waals surface area contributed by atoms with E-state index in [9.17, 15) is 14.4 Å². The molecule has 0 aliphatic heterocycles. The van der Waals surface area contributed by atoms with Crippen LogP contribution in [0.5, 0.6) is 0 Å². The maximum atomic E-state index is 11.4. The van der Waals surface area contributed by atoms with Gasteiger partial charge in [0.2, 0.25) is 11.8 Å². The second-order valence-corrected chi connectivity index (χ2v) is 4.09. The molecule has 0 aliphatic carbocycles. The second kappa shape index (κ2) is 17.6. The van der Waals surface area contributed by atoms with Crippen LogP contribution in [0, 0.1) is 0 Å². The average Bonchev–Trinajstić information content (AvgIpc) is 2.41. The molecule has 0 unspecified atom stereocenters. The minimum atomic E-state index is -0.245. The molecule has 5 heteroatoms. The zero-order valence-electron chi connectivity index (χ0n) is 14.0. The topological polar surface area (TPSA) is 80.5 Å². The third-order valence-electron chi connectivity index (χ3n) is 2.07. The summed E-state index contributed by atoms with van der Waals surface area (Å²) in [5, 5.41) is 0. The summed E-state index contributed by atoms with van der Waals surface area (Å²) in [6, 6.07) is 0. The summed E-state index contributed by atoms with van der Waals surface area (Å²) >= 11 is 0. The number of carbonyl (C=O) groups excluding carboxylic acids is 3. The molecule has 0 spiro atoms. The van der Waals surface area contributed by atoms with Gasteiger partial charge in [0, 0.05) is 19.4 Å². The van der Waals surface area contributed by atoms with E-state index in [4.69, 9.17) is 0 Å². The Hall–Kier alpha value is -1.39. The molecule has 120 valence electrons. The molecule has 0 aromatic rings. The molecule has 0 rings (SSSR count). The normalized spacial score (nSPS) is 8.50. The van der Waals surface area contributed by atoms with Crippen molar-refractivity contribution in [1.82, 2.24) is 4.90 Å². The van der Waals surface area contributed by atoms with E-state index in [0.717, 1.165) is 12.8 Å². The van der Waals surface area contributed by atoms with E-state index in [1.165, 1.54) is 6.92 Å². The molecule has 20 heavy (non-hydrogen) atoms. The van der Waals surface area contributed by atoms with Crippen molar-refractivity contribution in [3.8, 4) is 0 Å². The number of primary amides is 1. The Balaban J connectivity index is -0.000000346. The molecule has 0 atom stereocenters. The van der Waals surface area contributed by atoms with Crippen LogP contribution in [0.2, 0.25) is 0 Å². The Morgan fingerprint density at radius 2 is 1.45 bits per heavy atom. The van der Waals surface area contributed by atoms with Crippen LogP contribution >= 0.6 is 0 Å². The minimum absolute atomic E-state index is 0.0536. The van der Waals surface area contributed by atoms with Crippen LogP contribution in [0.15, 0.2) is 0 Å². The van der Waals surface area contributed by atoms with Crippen LogP contribution in [-0.4, -0.2) is 35.6 Å². The number of hydrogen-bond donors (Lipinski definition) is 1. The highest BCUT2D eigenvalue weighted by atomic mass is 16.2. The lowest BCUT2D eigenvalue weighted by Crippen LogP contribution is -2.35. The Morgan fingerprint density at radius 3 is 1.70 bits per heavy atom. The number of hydrogen-bond acceptors (Lipinski definition) is 3. The third-order valence-corrected chi connectivity index (χ3v) is 2.07. The Labute approximate surface area is 123 Å². The van der Waals surface area contributed by atoms with Gasteiger partial charge in [0.1, 0.15) is 5.78 Å². The minimum Gasteiger partial charge on any atom is -0.370 e. The molecule has 2 amide bonds. The number of ketones is 1. The van der Waals surface area contributed by atoms with Gasteiger partial charge in [0.25, 0.3) is 0 Å². The molecule has 0 aromatic heterocycles. The van der Waals surface area contributed by atoms with E-state index in [1.54, 1.807) is 11.8 Å². The molecule has 0 saturated carbocycles. The SMILES string of the molecule is CC.CCC(N)=O.CCCC(=O)N(CCC)CC(C)=O. The average molecular weight is 288 g/mol. The molecule has 2 N–H and O–H groups in total. The van der Waals surface area contributed by atoms with Gasteiger partial charge in [0.15, 0.2) is 0 Å². The summed E-state index contributed by atoms with van der Waals surface area (Å²) in [6.45, 7) is 12.2. The monoisotopic (exact) mass is 288 g/mol. The number of amides is 2. The van der Waals surface area contributed by atoms with E-state index in [0.29, 0.717) is 19.4 Å². The maximum Gasteiger partial charge on any atom is 0.222 e. The van der Waals surface area contributed by atoms with E-state index < -0.39 is 0 Å². The van der Waals surface area contributed by atoms with Gasteiger partial charge >= 0.3 is 0 Å². The summed E-state index contributed by atoms with van der Waals surface area (Å²) in [5.74, 6) is -0.0950. The fraction of sp³-hybridized carbons (Fsp3) is 0.800. The number of rotatable bonds is 7. The zero-order chi connectivity index (χ0) is 16.6. The van der Waals surface area contributed by atoms with E-state index in [-0.39, 0.29) is 24.1 Å². The van der Waals surface area contributed by atoms with Crippen LogP contribution in [-0.2, 0) is 14.4 Å². The van der Waals surface area contributed by atoms with E-state index in [2.05, 4.69) is 5.73 Å². The zero-order valence-corrected chi connectivity index (χ0v) is 14.0. The molecule has 0 fully saturated rings. The van der Waals surface area contributed by atoms with Gasteiger partial charge in [-0.05, 0) is 19.8 Å². The number of Topliss-reactive ketones (excluding diaryl/α,β-unsaturated/α-hetero) is 1. The van der Waals surface area contributed by atoms with Crippen LogP contribution in [0.1, 0.15) is 67.2 Å². The highest BCUT2D eigenvalue weighted by molar-refractivity contribution is 5.84. The smallest absolute Gasteiger partial charge is 0.222 e. The van der Waals surface area contributed by atoms with Gasteiger partial charge < -0.3 is 10.6 Å². The van der Waals surface area contributed by atoms with E-state index >= 15 is 0 Å². The van der Waals surface area contributed by atoms with Crippen LogP contribution in [0.3, 0.4) is 0 Å². The predicted octanol–water partition coefficient (Wildman–Crippen LogP) is 2.52. The maximum absolute atomic E-state index is 11.4. The molecular formula is C15H32N2O3. The highest BCUT2D eigenvalue weighted by Gasteiger charge is 2.12. The summed E-state index contributed by atoms with van der Waals surface area (Å²) < 4.78 is 0. The molecule has 0 aromatic carbocycles. The number of nitrogens with two attached hydrogens (primary N) is 1. The largest absolute Gasteiger partial charge is 0.370 e. The Morgan fingerprint density at radius 1 is 1.00 bits per heavy atom. The predicted molar refractivity (Wildman–Crippen MR) is 83.3 cm³/mol. The van der Waals surface area contributed by atoms with Gasteiger partial charge in [0.05, 0.1) is 6.54 Å². The van der Waals surface area contributed by atoms with Crippen molar-refractivity contribution in [2.24, 2.45) is 5.73 Å². The molecule has 0 radical (unpaired) electrons. The molecule has 0 aliphatic rings. The summed E-state index contributed by atoms with van der Waals surface area (Å²) in [7, 11) is 0. The number of nitrogens with zero attached hydrogens (tertiary/aromatic N) is 1. The standard InChI is InChI=1S/C10H19NO2.C3H7NO.C2H6/c1-4-6-10(13)11(7-5-2)8-9(3)12;1-2-3(4)5;1-2/h4-8H2,1-3H3;2H2,1H3,(H2,4,5);1-2H3. The highest BCUT2D eigenvalue weighted by Crippen LogP contribution is 1.99. The first kappa shape index (κ1) is 23.7. The lowest BCUT2D eigenvalue weighted by atomic mass is 10.2. The summed E-state index contributed by atoms with van der Waals surface area (Å²) in [4.78, 5) is 33.5. The van der Waals surface area contributed by atoms with Crippen molar-refractivity contribution in [1.29, 1.82) is 0 Å². The van der Waals surface area contributed by atoms with Gasteiger partial charge in [-0.3, -0.25) is 14.4 Å². The quantitative estimate of drug-likeness (QED) is 0.781. The lowest BCUT2D eigenvalue weighted by molar-refractivity contribution is -0.135. The molecular weight excluding hydrogens is 256 g/mol. The second-order valence-electron chi connectivity index (χ2n) is 4.09. The van der Waals surface area contributed by atoms with Crippen LogP contribution in [0.25, 0.3) is 0 Å². The first-order chi connectivity index (χ1) is 9.38. The van der Waals surface area contributed by atoms with Crippen molar-refractivity contribution in [2.75, 3.05) is 13.1 Å². The van der Waals surface area contributed by atoms with Crippen molar-refractivity contribution >= 4 is 17.6 Å². The lowest BCUT2D eigenvalue weighted by Gasteiger charge is -2.20. The first-order valence-electron chi connectivity index (χ1n) is 7.44. The van der Waals surface area contributed by atoms with Crippen LogP contribution in [0.4, 0.5) is 0 Å². The fourth-order valence-electron chi connectivity index (χ4n) is 1.20. The third kappa shape index (κ3) is 19.0. The van der Waals surface area contributed by atoms with E-state index in [1.807, 2.05) is 27.7 Å². The summed E-state index contributed by atoms with van der Waals surface area (Å²) in [5.41, 5.74) is 4.65. The molecule has 0 saturated heterocycles. The summed E-state index contributed by atoms with van der Waals surface area (Å²) in [6.07, 6.45) is 2.74. The Kier molecular flexibility index (Phi) is 20.9. The van der Waals surface area contributed by atoms with Crippen LogP contribution < -0.4 is 5.73 Å². The van der Waals surface area contributed by atoms with Gasteiger partial charge in [-0.15, -0.1) is 0 Å². The van der Waals surface area contributed by atoms with Crippen molar-refractivity contribution < 1.29 is 14.4 Å². The first-order valence-corrected chi connectivity index (χ1v) is 7.44. The fourth-order valence-corrected chi connectivity index (χ4v) is 1.20. The van der Waals surface area contributed by atoms with Crippen molar-refractivity contribution in [3.63, 3.8) is 0 Å². The number of carbonyl (C=O) groups is 3. The Bertz CT molecular complexity index is 266. The molecule has 0 bridgehead atoms. The van der Waals surface area contributed by atoms with Crippen molar-refractivity contribution in [3.05, 3.63) is 0 Å². The van der Waals surface area contributed by atoms with Gasteiger partial charge in [-0.2, -0.15) is 0 Å².